The average Bonchev–Trinajstić information content (AvgIpc) is 2.65. The number of aliphatic hydroxyl groups is 1. The number of nitrogens with zero attached hydrogens (tertiary/aromatic N) is 1. The molecule has 182 valence electrons. The van der Waals surface area contributed by atoms with Crippen molar-refractivity contribution >= 4 is 10.1 Å². The largest absolute Gasteiger partial charge is 0.386 e. The molecule has 0 amide bonds. The van der Waals surface area contributed by atoms with Gasteiger partial charge in [-0.25, -0.2) is 0 Å². The van der Waals surface area contributed by atoms with Gasteiger partial charge in [0, 0.05) is 0 Å². The van der Waals surface area contributed by atoms with Gasteiger partial charge in [0.2, 0.25) is 5.37 Å². The van der Waals surface area contributed by atoms with Gasteiger partial charge >= 0.3 is 10.1 Å². The predicted octanol–water partition coefficient (Wildman–Crippen LogP) is 6.31. The molecule has 0 aliphatic carbocycles. The molecule has 0 aromatic heterocycles. The van der Waals surface area contributed by atoms with E-state index in [9.17, 15) is 18.1 Å². The van der Waals surface area contributed by atoms with Gasteiger partial charge in [-0.05, 0) is 19.3 Å². The molecule has 0 saturated heterocycles. The van der Waals surface area contributed by atoms with E-state index in [-0.39, 0.29) is 4.48 Å². The van der Waals surface area contributed by atoms with Gasteiger partial charge in [0.15, 0.2) is 0 Å². The summed E-state index contributed by atoms with van der Waals surface area (Å²) in [7, 11) is -0.696. The highest BCUT2D eigenvalue weighted by Crippen LogP contribution is 2.22. The topological polar surface area (TPSA) is 74.6 Å². The Morgan fingerprint density at radius 2 is 1.03 bits per heavy atom. The minimum absolute atomic E-state index is 0.113. The van der Waals surface area contributed by atoms with Crippen molar-refractivity contribution in [3.05, 3.63) is 0 Å². The summed E-state index contributed by atoms with van der Waals surface area (Å²) in [6.07, 6.45) is 19.0. The third-order valence-corrected chi connectivity index (χ3v) is 7.76. The molecule has 0 radical (unpaired) electrons. The van der Waals surface area contributed by atoms with Crippen molar-refractivity contribution in [2.24, 2.45) is 0 Å². The fraction of sp³-hybridized carbons (Fsp3) is 1.00. The second-order valence-electron chi connectivity index (χ2n) is 9.71. The van der Waals surface area contributed by atoms with Crippen LogP contribution in [0.15, 0.2) is 0 Å². The average molecular weight is 451 g/mol. The van der Waals surface area contributed by atoms with E-state index in [1.54, 1.807) is 14.1 Å². The van der Waals surface area contributed by atoms with Gasteiger partial charge in [-0.2, -0.15) is 8.42 Å². The van der Waals surface area contributed by atoms with Gasteiger partial charge in [-0.1, -0.05) is 104 Å². The van der Waals surface area contributed by atoms with Crippen LogP contribution in [-0.2, 0) is 10.1 Å². The van der Waals surface area contributed by atoms with Gasteiger partial charge in [-0.3, -0.25) is 4.55 Å². The number of rotatable bonds is 21. The van der Waals surface area contributed by atoms with Gasteiger partial charge in [0.05, 0.1) is 20.6 Å². The monoisotopic (exact) mass is 450 g/mol. The number of hydrogen-bond donors (Lipinski definition) is 2. The van der Waals surface area contributed by atoms with Crippen LogP contribution in [0.3, 0.4) is 0 Å². The normalized spacial score (nSPS) is 14.7. The summed E-state index contributed by atoms with van der Waals surface area (Å²) in [4.78, 5) is 0. The summed E-state index contributed by atoms with van der Waals surface area (Å²) in [5.41, 5.74) is 0. The minimum atomic E-state index is -4.30. The van der Waals surface area contributed by atoms with E-state index >= 15 is 0 Å². The molecule has 0 aliphatic heterocycles. The third-order valence-electron chi connectivity index (χ3n) is 6.26. The zero-order chi connectivity index (χ0) is 22.9. The van der Waals surface area contributed by atoms with Crippen LogP contribution in [0.4, 0.5) is 0 Å². The number of likely N-dealkylation sites (N-methyl/N-ethyl adjacent to an activating group) is 1. The third kappa shape index (κ3) is 14.8. The van der Waals surface area contributed by atoms with E-state index in [2.05, 4.69) is 6.92 Å². The van der Waals surface area contributed by atoms with E-state index in [0.29, 0.717) is 13.0 Å². The first-order valence-electron chi connectivity index (χ1n) is 12.6. The maximum absolute atomic E-state index is 11.9. The molecule has 6 heteroatoms. The quantitative estimate of drug-likeness (QED) is 0.122. The lowest BCUT2D eigenvalue weighted by Crippen LogP contribution is -2.58. The molecule has 0 aromatic carbocycles. The number of aliphatic hydroxyl groups excluding tert-OH is 1. The smallest absolute Gasteiger partial charge is 0.322 e. The van der Waals surface area contributed by atoms with E-state index in [1.165, 1.54) is 77.0 Å². The van der Waals surface area contributed by atoms with E-state index in [0.717, 1.165) is 25.7 Å². The summed E-state index contributed by atoms with van der Waals surface area (Å²) >= 11 is 0. The zero-order valence-corrected chi connectivity index (χ0v) is 21.3. The molecule has 0 aliphatic rings. The highest BCUT2D eigenvalue weighted by molar-refractivity contribution is 7.86. The molecule has 0 heterocycles. The van der Waals surface area contributed by atoms with Crippen molar-refractivity contribution in [3.63, 3.8) is 0 Å². The molecule has 2 N–H and O–H groups in total. The van der Waals surface area contributed by atoms with Crippen molar-refractivity contribution in [3.8, 4) is 0 Å². The van der Waals surface area contributed by atoms with Crippen molar-refractivity contribution < 1.29 is 22.6 Å². The van der Waals surface area contributed by atoms with Gasteiger partial charge < -0.3 is 9.59 Å². The molecular weight excluding hydrogens is 398 g/mol. The first-order valence-corrected chi connectivity index (χ1v) is 14.1. The first kappa shape index (κ1) is 29.8. The highest BCUT2D eigenvalue weighted by atomic mass is 32.2. The Balaban J connectivity index is 3.93. The summed E-state index contributed by atoms with van der Waals surface area (Å²) in [6.45, 7) is 4.91. The Hall–Kier alpha value is -0.170. The Morgan fingerprint density at radius 3 is 1.40 bits per heavy atom. The summed E-state index contributed by atoms with van der Waals surface area (Å²) in [5, 5.41) is 9.21. The van der Waals surface area contributed by atoms with Crippen LogP contribution in [0.2, 0.25) is 0 Å². The lowest BCUT2D eigenvalue weighted by Gasteiger charge is -2.38. The molecule has 2 unspecified atom stereocenters. The van der Waals surface area contributed by atoms with Crippen molar-refractivity contribution in [2.45, 2.75) is 134 Å². The number of unbranched alkanes of at least 4 members (excludes halogenated alkanes) is 14. The van der Waals surface area contributed by atoms with Crippen LogP contribution in [0.25, 0.3) is 0 Å². The zero-order valence-electron chi connectivity index (χ0n) is 20.4. The summed E-state index contributed by atoms with van der Waals surface area (Å²) in [6, 6.07) is 0. The molecule has 0 rings (SSSR count). The maximum Gasteiger partial charge on any atom is 0.322 e. The van der Waals surface area contributed by atoms with Crippen LogP contribution in [0, 0.1) is 0 Å². The lowest BCUT2D eigenvalue weighted by molar-refractivity contribution is -0.905. The Morgan fingerprint density at radius 1 is 0.667 bits per heavy atom. The lowest BCUT2D eigenvalue weighted by atomic mass is 10.0. The molecule has 0 spiro atoms. The van der Waals surface area contributed by atoms with E-state index in [4.69, 9.17) is 0 Å². The standard InChI is InChI=1S/C24H51NO4S/c1-5-7-9-10-11-12-13-14-15-16-17-18-19-20-22-25(3,4)24(30(27,28)29)23(26)21-8-6-2/h23-24,26H,5-22H2,1-4H3/p+1. The van der Waals surface area contributed by atoms with Crippen molar-refractivity contribution in [1.29, 1.82) is 0 Å². The van der Waals surface area contributed by atoms with Gasteiger partial charge in [0.25, 0.3) is 0 Å². The fourth-order valence-corrected chi connectivity index (χ4v) is 5.78. The number of hydrogen-bond acceptors (Lipinski definition) is 3. The highest BCUT2D eigenvalue weighted by Gasteiger charge is 2.43. The molecule has 30 heavy (non-hydrogen) atoms. The molecule has 2 atom stereocenters. The van der Waals surface area contributed by atoms with Crippen molar-refractivity contribution in [1.82, 2.24) is 0 Å². The molecular formula is C24H52NO4S+. The van der Waals surface area contributed by atoms with E-state index < -0.39 is 21.6 Å². The van der Waals surface area contributed by atoms with Gasteiger partial charge in [-0.15, -0.1) is 0 Å². The van der Waals surface area contributed by atoms with Crippen LogP contribution < -0.4 is 0 Å². The van der Waals surface area contributed by atoms with Crippen LogP contribution >= 0.6 is 0 Å². The van der Waals surface area contributed by atoms with Crippen molar-refractivity contribution in [2.75, 3.05) is 20.6 Å². The Labute approximate surface area is 188 Å². The van der Waals surface area contributed by atoms with Crippen LogP contribution in [-0.4, -0.2) is 54.7 Å². The first-order chi connectivity index (χ1) is 14.2. The molecule has 5 nitrogen and oxygen atoms in total. The second-order valence-corrected chi connectivity index (χ2v) is 11.2. The minimum Gasteiger partial charge on any atom is -0.386 e. The molecule has 0 bridgehead atoms. The predicted molar refractivity (Wildman–Crippen MR) is 128 cm³/mol. The maximum atomic E-state index is 11.9. The van der Waals surface area contributed by atoms with Gasteiger partial charge in [0.1, 0.15) is 6.10 Å². The molecule has 0 saturated carbocycles. The molecule has 0 fully saturated rings. The summed E-state index contributed by atoms with van der Waals surface area (Å²) in [5.74, 6) is 0. The Bertz CT molecular complexity index is 493. The second kappa shape index (κ2) is 17.4. The Kier molecular flexibility index (Phi) is 17.3. The van der Waals surface area contributed by atoms with E-state index in [1.807, 2.05) is 6.92 Å². The van der Waals surface area contributed by atoms with Crippen LogP contribution in [0.5, 0.6) is 0 Å². The fourth-order valence-electron chi connectivity index (χ4n) is 4.42. The summed E-state index contributed by atoms with van der Waals surface area (Å²) < 4.78 is 33.6. The van der Waals surface area contributed by atoms with Crippen LogP contribution in [0.1, 0.15) is 123 Å². The number of quaternary nitrogens is 1. The SMILES string of the molecule is CCCCCCCCCCCCCCCC[N+](C)(C)C(C(O)CCCC)S(=O)(=O)O. The molecule has 0 aromatic rings.